The van der Waals surface area contributed by atoms with Gasteiger partial charge in [-0.1, -0.05) is 0 Å². The van der Waals surface area contributed by atoms with Gasteiger partial charge in [0, 0.05) is 18.0 Å². The zero-order valence-electron chi connectivity index (χ0n) is 9.86. The molecule has 1 unspecified atom stereocenters. The maximum atomic E-state index is 12.1. The first-order valence-electron chi connectivity index (χ1n) is 6.12. The number of nitrogens with one attached hydrogen (secondary N) is 2. The third-order valence-electron chi connectivity index (χ3n) is 3.34. The zero-order chi connectivity index (χ0) is 12.5. The molecule has 2 aromatic rings. The van der Waals surface area contributed by atoms with Gasteiger partial charge in [-0.15, -0.1) is 0 Å². The summed E-state index contributed by atoms with van der Waals surface area (Å²) in [4.78, 5) is 25.7. The van der Waals surface area contributed by atoms with Crippen LogP contribution in [0, 0.1) is 0 Å². The van der Waals surface area contributed by atoms with E-state index >= 15 is 0 Å². The Kier molecular flexibility index (Phi) is 2.76. The first kappa shape index (κ1) is 11.2. The lowest BCUT2D eigenvalue weighted by Crippen LogP contribution is -2.24. The van der Waals surface area contributed by atoms with Gasteiger partial charge in [-0.2, -0.15) is 0 Å². The van der Waals surface area contributed by atoms with Crippen molar-refractivity contribution in [3.63, 3.8) is 0 Å². The Labute approximate surface area is 103 Å². The first-order valence-corrected chi connectivity index (χ1v) is 6.12. The van der Waals surface area contributed by atoms with Crippen LogP contribution in [0.25, 0.3) is 11.1 Å². The Morgan fingerprint density at radius 2 is 2.33 bits per heavy atom. The topological polar surface area (TPSA) is 75.1 Å². The molecule has 1 aliphatic heterocycles. The average molecular weight is 246 g/mol. The molecule has 0 radical (unpaired) electrons. The highest BCUT2D eigenvalue weighted by Gasteiger charge is 2.19. The Hall–Kier alpha value is -1.88. The number of fused-ring (bicyclic) bond motifs is 1. The number of aromatic amines is 1. The van der Waals surface area contributed by atoms with Crippen molar-refractivity contribution in [1.29, 1.82) is 0 Å². The van der Waals surface area contributed by atoms with Crippen molar-refractivity contribution in [2.75, 3.05) is 6.54 Å². The van der Waals surface area contributed by atoms with E-state index in [1.54, 1.807) is 18.2 Å². The fourth-order valence-corrected chi connectivity index (χ4v) is 2.40. The Morgan fingerprint density at radius 3 is 3.11 bits per heavy atom. The second-order valence-electron chi connectivity index (χ2n) is 4.65. The summed E-state index contributed by atoms with van der Waals surface area (Å²) < 4.78 is 4.90. The SMILES string of the molecule is O=C(CC1CCCN1)c1ccc2oc(=O)[nH]c2c1. The van der Waals surface area contributed by atoms with Gasteiger partial charge < -0.3 is 9.73 Å². The van der Waals surface area contributed by atoms with E-state index in [-0.39, 0.29) is 11.8 Å². The van der Waals surface area contributed by atoms with Crippen LogP contribution >= 0.6 is 0 Å². The maximum absolute atomic E-state index is 12.1. The van der Waals surface area contributed by atoms with Crippen LogP contribution in [0.2, 0.25) is 0 Å². The number of carbonyl (C=O) groups is 1. The summed E-state index contributed by atoms with van der Waals surface area (Å²) in [6.07, 6.45) is 2.69. The Morgan fingerprint density at radius 1 is 1.44 bits per heavy atom. The van der Waals surface area contributed by atoms with Crippen LogP contribution in [0.1, 0.15) is 29.6 Å². The summed E-state index contributed by atoms with van der Waals surface area (Å²) in [6.45, 7) is 0.992. The minimum atomic E-state index is -0.493. The molecule has 0 bridgehead atoms. The van der Waals surface area contributed by atoms with E-state index in [9.17, 15) is 9.59 Å². The van der Waals surface area contributed by atoms with E-state index in [0.29, 0.717) is 23.1 Å². The molecule has 1 fully saturated rings. The van der Waals surface area contributed by atoms with Gasteiger partial charge in [0.05, 0.1) is 5.52 Å². The van der Waals surface area contributed by atoms with Crippen LogP contribution < -0.4 is 11.1 Å². The largest absolute Gasteiger partial charge is 0.417 e. The van der Waals surface area contributed by atoms with Gasteiger partial charge in [0.2, 0.25) is 0 Å². The zero-order valence-corrected chi connectivity index (χ0v) is 9.86. The summed E-state index contributed by atoms with van der Waals surface area (Å²) in [5.41, 5.74) is 1.68. The molecule has 0 amide bonds. The molecule has 0 spiro atoms. The number of benzene rings is 1. The predicted octanol–water partition coefficient (Wildman–Crippen LogP) is 1.45. The maximum Gasteiger partial charge on any atom is 0.417 e. The van der Waals surface area contributed by atoms with Gasteiger partial charge in [0.25, 0.3) is 0 Å². The van der Waals surface area contributed by atoms with Gasteiger partial charge in [0.15, 0.2) is 11.4 Å². The minimum Gasteiger partial charge on any atom is -0.408 e. The molecule has 1 saturated heterocycles. The molecule has 2 N–H and O–H groups in total. The number of aromatic nitrogens is 1. The highest BCUT2D eigenvalue weighted by molar-refractivity contribution is 5.98. The molecule has 0 saturated carbocycles. The fraction of sp³-hybridized carbons (Fsp3) is 0.385. The molecule has 3 rings (SSSR count). The Balaban J connectivity index is 1.84. The van der Waals surface area contributed by atoms with Crippen LogP contribution in [0.5, 0.6) is 0 Å². The molecule has 1 aliphatic rings. The number of H-pyrrole nitrogens is 1. The van der Waals surface area contributed by atoms with E-state index in [0.717, 1.165) is 19.4 Å². The van der Waals surface area contributed by atoms with Gasteiger partial charge in [0.1, 0.15) is 0 Å². The average Bonchev–Trinajstić information content (AvgIpc) is 2.95. The molecular formula is C13H14N2O3. The third kappa shape index (κ3) is 2.09. The minimum absolute atomic E-state index is 0.0957. The van der Waals surface area contributed by atoms with Crippen molar-refractivity contribution in [1.82, 2.24) is 10.3 Å². The van der Waals surface area contributed by atoms with Crippen molar-refractivity contribution in [3.05, 3.63) is 34.3 Å². The fourth-order valence-electron chi connectivity index (χ4n) is 2.40. The number of ketones is 1. The number of rotatable bonds is 3. The molecule has 2 heterocycles. The molecule has 5 nitrogen and oxygen atoms in total. The molecule has 0 aliphatic carbocycles. The summed E-state index contributed by atoms with van der Waals surface area (Å²) in [5.74, 6) is -0.398. The van der Waals surface area contributed by atoms with E-state index in [2.05, 4.69) is 10.3 Å². The monoisotopic (exact) mass is 246 g/mol. The summed E-state index contributed by atoms with van der Waals surface area (Å²) in [5, 5.41) is 3.30. The van der Waals surface area contributed by atoms with Gasteiger partial charge in [-0.25, -0.2) is 4.79 Å². The van der Waals surface area contributed by atoms with Crippen LogP contribution in [-0.2, 0) is 0 Å². The second kappa shape index (κ2) is 4.42. The van der Waals surface area contributed by atoms with E-state index in [1.165, 1.54) is 0 Å². The number of carbonyl (C=O) groups excluding carboxylic acids is 1. The quantitative estimate of drug-likeness (QED) is 0.804. The number of hydrogen-bond donors (Lipinski definition) is 2. The van der Waals surface area contributed by atoms with Crippen molar-refractivity contribution in [2.24, 2.45) is 0 Å². The lowest BCUT2D eigenvalue weighted by atomic mass is 10.0. The molecule has 18 heavy (non-hydrogen) atoms. The number of oxazole rings is 1. The summed E-state index contributed by atoms with van der Waals surface area (Å²) in [6, 6.07) is 5.33. The molecule has 1 aromatic heterocycles. The van der Waals surface area contributed by atoms with E-state index in [4.69, 9.17) is 4.42 Å². The summed E-state index contributed by atoms with van der Waals surface area (Å²) in [7, 11) is 0. The Bertz CT molecular complexity index is 635. The normalized spacial score (nSPS) is 19.4. The van der Waals surface area contributed by atoms with Crippen molar-refractivity contribution in [2.45, 2.75) is 25.3 Å². The van der Waals surface area contributed by atoms with Crippen molar-refractivity contribution in [3.8, 4) is 0 Å². The third-order valence-corrected chi connectivity index (χ3v) is 3.34. The first-order chi connectivity index (χ1) is 8.72. The molecule has 5 heteroatoms. The smallest absolute Gasteiger partial charge is 0.408 e. The van der Waals surface area contributed by atoms with Crippen LogP contribution in [0.4, 0.5) is 0 Å². The van der Waals surface area contributed by atoms with E-state index in [1.807, 2.05) is 0 Å². The van der Waals surface area contributed by atoms with Crippen LogP contribution in [-0.4, -0.2) is 23.4 Å². The predicted molar refractivity (Wildman–Crippen MR) is 66.8 cm³/mol. The van der Waals surface area contributed by atoms with Crippen LogP contribution in [0.15, 0.2) is 27.4 Å². The highest BCUT2D eigenvalue weighted by Crippen LogP contribution is 2.16. The molecule has 1 aromatic carbocycles. The molecule has 94 valence electrons. The molecular weight excluding hydrogens is 232 g/mol. The lowest BCUT2D eigenvalue weighted by molar-refractivity contribution is 0.0972. The van der Waals surface area contributed by atoms with E-state index < -0.39 is 5.76 Å². The highest BCUT2D eigenvalue weighted by atomic mass is 16.4. The lowest BCUT2D eigenvalue weighted by Gasteiger charge is -2.08. The van der Waals surface area contributed by atoms with Gasteiger partial charge >= 0.3 is 5.76 Å². The standard InChI is InChI=1S/C13H14N2O3/c16-11(7-9-2-1-5-14-9)8-3-4-12-10(6-8)15-13(17)18-12/h3-4,6,9,14H,1-2,5,7H2,(H,15,17). The molecule has 1 atom stereocenters. The number of hydrogen-bond acceptors (Lipinski definition) is 4. The van der Waals surface area contributed by atoms with Crippen LogP contribution in [0.3, 0.4) is 0 Å². The summed E-state index contributed by atoms with van der Waals surface area (Å²) >= 11 is 0. The second-order valence-corrected chi connectivity index (χ2v) is 4.65. The van der Waals surface area contributed by atoms with Gasteiger partial charge in [-0.05, 0) is 37.6 Å². The number of Topliss-reactive ketones (excluding diaryl/α,β-unsaturated/α-hetero) is 1. The van der Waals surface area contributed by atoms with Gasteiger partial charge in [-0.3, -0.25) is 9.78 Å². The van der Waals surface area contributed by atoms with Crippen molar-refractivity contribution >= 4 is 16.9 Å². The van der Waals surface area contributed by atoms with Crippen molar-refractivity contribution < 1.29 is 9.21 Å².